The molecule has 3 nitrogen and oxygen atoms in total. The van der Waals surface area contributed by atoms with Gasteiger partial charge < -0.3 is 9.47 Å². The molecule has 0 aliphatic heterocycles. The number of para-hydroxylation sites is 3. The Morgan fingerprint density at radius 2 is 0.946 bits per heavy atom. The lowest BCUT2D eigenvalue weighted by atomic mass is 9.96. The number of hydrogen-bond acceptors (Lipinski definition) is 2. The molecule has 0 radical (unpaired) electrons. The van der Waals surface area contributed by atoms with Gasteiger partial charge in [-0.25, -0.2) is 4.98 Å². The third-order valence-corrected chi connectivity index (χ3v) is 11.1. The van der Waals surface area contributed by atoms with Gasteiger partial charge in [-0.05, 0) is 88.6 Å². The zero-order valence-corrected chi connectivity index (χ0v) is 30.5. The number of anilines is 3. The van der Waals surface area contributed by atoms with Crippen LogP contribution in [0, 0.1) is 0 Å². The third-order valence-electron chi connectivity index (χ3n) is 11.1. The maximum absolute atomic E-state index is 5.37. The van der Waals surface area contributed by atoms with Crippen LogP contribution < -0.4 is 4.90 Å². The lowest BCUT2D eigenvalue weighted by Crippen LogP contribution is -2.09. The van der Waals surface area contributed by atoms with Crippen LogP contribution in [-0.2, 0) is 0 Å². The van der Waals surface area contributed by atoms with Crippen LogP contribution in [0.5, 0.6) is 0 Å². The highest BCUT2D eigenvalue weighted by atomic mass is 15.1. The van der Waals surface area contributed by atoms with Crippen molar-refractivity contribution in [3.05, 3.63) is 212 Å². The van der Waals surface area contributed by atoms with Crippen molar-refractivity contribution >= 4 is 71.3 Å². The van der Waals surface area contributed by atoms with Gasteiger partial charge in [-0.1, -0.05) is 146 Å². The Morgan fingerprint density at radius 3 is 1.71 bits per heavy atom. The van der Waals surface area contributed by atoms with Crippen LogP contribution in [0.4, 0.5) is 17.1 Å². The van der Waals surface area contributed by atoms with Crippen molar-refractivity contribution in [1.29, 1.82) is 0 Å². The van der Waals surface area contributed by atoms with Crippen LogP contribution in [0.25, 0.3) is 82.3 Å². The SMILES string of the molecule is c1ccc(-c2ccc(N(c3ccc(-c4nc5ccccc5c5c4ccc4c5c5ccccc5n4-c4ccccc4)cc3)c3ccc4ccccc4c3)cc2)cc1. The molecule has 0 bridgehead atoms. The van der Waals surface area contributed by atoms with Gasteiger partial charge in [-0.2, -0.15) is 0 Å². The minimum absolute atomic E-state index is 0.980. The van der Waals surface area contributed by atoms with Crippen molar-refractivity contribution in [2.24, 2.45) is 0 Å². The predicted molar refractivity (Wildman–Crippen MR) is 237 cm³/mol. The fourth-order valence-electron chi connectivity index (χ4n) is 8.54. The van der Waals surface area contributed by atoms with Gasteiger partial charge in [0.1, 0.15) is 0 Å². The van der Waals surface area contributed by atoms with Crippen molar-refractivity contribution in [1.82, 2.24) is 9.55 Å². The largest absolute Gasteiger partial charge is 0.310 e. The molecule has 0 aliphatic carbocycles. The van der Waals surface area contributed by atoms with Crippen LogP contribution in [0.15, 0.2) is 212 Å². The summed E-state index contributed by atoms with van der Waals surface area (Å²) in [5, 5.41) is 8.45. The number of fused-ring (bicyclic) bond motifs is 8. The van der Waals surface area contributed by atoms with E-state index >= 15 is 0 Å². The summed E-state index contributed by atoms with van der Waals surface area (Å²) in [6, 6.07) is 76.2. The first-order valence-electron chi connectivity index (χ1n) is 19.1. The highest BCUT2D eigenvalue weighted by Gasteiger charge is 2.20. The molecular weight excluding hydrogens is 679 g/mol. The summed E-state index contributed by atoms with van der Waals surface area (Å²) < 4.78 is 2.39. The summed E-state index contributed by atoms with van der Waals surface area (Å²) in [5.41, 5.74) is 12.3. The molecule has 0 fully saturated rings. The van der Waals surface area contributed by atoms with E-state index in [2.05, 4.69) is 222 Å². The quantitative estimate of drug-likeness (QED) is 0.160. The molecule has 0 amide bonds. The Labute approximate surface area is 325 Å². The average molecular weight is 714 g/mol. The Morgan fingerprint density at radius 1 is 0.357 bits per heavy atom. The van der Waals surface area contributed by atoms with E-state index in [0.29, 0.717) is 0 Å². The van der Waals surface area contributed by atoms with E-state index in [1.165, 1.54) is 49.1 Å². The summed E-state index contributed by atoms with van der Waals surface area (Å²) >= 11 is 0. The molecule has 56 heavy (non-hydrogen) atoms. The molecule has 0 aliphatic rings. The molecule has 262 valence electrons. The molecular formula is C53H35N3. The van der Waals surface area contributed by atoms with E-state index in [4.69, 9.17) is 4.98 Å². The summed E-state index contributed by atoms with van der Waals surface area (Å²) in [6.07, 6.45) is 0. The van der Waals surface area contributed by atoms with E-state index in [0.717, 1.165) is 50.3 Å². The van der Waals surface area contributed by atoms with Crippen molar-refractivity contribution in [2.45, 2.75) is 0 Å². The third kappa shape index (κ3) is 5.25. The van der Waals surface area contributed by atoms with Crippen molar-refractivity contribution in [3.63, 3.8) is 0 Å². The Hall–Kier alpha value is -7.49. The van der Waals surface area contributed by atoms with E-state index in [1.807, 2.05) is 0 Å². The molecule has 11 rings (SSSR count). The molecule has 0 saturated carbocycles. The van der Waals surface area contributed by atoms with Crippen molar-refractivity contribution in [2.75, 3.05) is 4.90 Å². The maximum atomic E-state index is 5.37. The van der Waals surface area contributed by atoms with Crippen molar-refractivity contribution in [3.8, 4) is 28.1 Å². The van der Waals surface area contributed by atoms with Gasteiger partial charge >= 0.3 is 0 Å². The molecule has 3 heteroatoms. The first-order chi connectivity index (χ1) is 27.8. The van der Waals surface area contributed by atoms with Gasteiger partial charge in [0.15, 0.2) is 0 Å². The van der Waals surface area contributed by atoms with E-state index in [1.54, 1.807) is 0 Å². The molecule has 0 atom stereocenters. The molecule has 2 aromatic heterocycles. The number of pyridine rings is 1. The number of nitrogens with zero attached hydrogens (tertiary/aromatic N) is 3. The molecule has 0 N–H and O–H groups in total. The molecule has 9 aromatic carbocycles. The first kappa shape index (κ1) is 32.0. The second kappa shape index (κ2) is 13.1. The smallest absolute Gasteiger partial charge is 0.0788 e. The number of aromatic nitrogens is 2. The minimum Gasteiger partial charge on any atom is -0.310 e. The van der Waals surface area contributed by atoms with E-state index < -0.39 is 0 Å². The fraction of sp³-hybridized carbons (Fsp3) is 0. The van der Waals surface area contributed by atoms with Gasteiger partial charge in [0.25, 0.3) is 0 Å². The Balaban J connectivity index is 1.09. The van der Waals surface area contributed by atoms with E-state index in [9.17, 15) is 0 Å². The average Bonchev–Trinajstić information content (AvgIpc) is 3.62. The lowest BCUT2D eigenvalue weighted by Gasteiger charge is -2.26. The summed E-state index contributed by atoms with van der Waals surface area (Å²) in [5.74, 6) is 0. The highest BCUT2D eigenvalue weighted by Crippen LogP contribution is 2.43. The van der Waals surface area contributed by atoms with E-state index in [-0.39, 0.29) is 0 Å². The van der Waals surface area contributed by atoms with Crippen LogP contribution in [0.2, 0.25) is 0 Å². The van der Waals surface area contributed by atoms with Crippen molar-refractivity contribution < 1.29 is 0 Å². The van der Waals surface area contributed by atoms with Gasteiger partial charge in [0.2, 0.25) is 0 Å². The predicted octanol–water partition coefficient (Wildman–Crippen LogP) is 14.4. The van der Waals surface area contributed by atoms with Crippen LogP contribution in [-0.4, -0.2) is 9.55 Å². The second-order valence-corrected chi connectivity index (χ2v) is 14.4. The Bertz CT molecular complexity index is 3220. The lowest BCUT2D eigenvalue weighted by molar-refractivity contribution is 1.18. The topological polar surface area (TPSA) is 21.1 Å². The zero-order valence-electron chi connectivity index (χ0n) is 30.5. The summed E-state index contributed by atoms with van der Waals surface area (Å²) in [4.78, 5) is 7.71. The normalized spacial score (nSPS) is 11.6. The molecule has 0 spiro atoms. The van der Waals surface area contributed by atoms with Gasteiger partial charge in [0, 0.05) is 55.2 Å². The van der Waals surface area contributed by atoms with Crippen LogP contribution >= 0.6 is 0 Å². The fourth-order valence-corrected chi connectivity index (χ4v) is 8.54. The van der Waals surface area contributed by atoms with Crippen LogP contribution in [0.3, 0.4) is 0 Å². The molecule has 2 heterocycles. The number of rotatable bonds is 6. The Kier molecular flexibility index (Phi) is 7.49. The highest BCUT2D eigenvalue weighted by molar-refractivity contribution is 6.29. The van der Waals surface area contributed by atoms with Gasteiger partial charge in [-0.3, -0.25) is 0 Å². The maximum Gasteiger partial charge on any atom is 0.0788 e. The van der Waals surface area contributed by atoms with Gasteiger partial charge in [-0.15, -0.1) is 0 Å². The summed E-state index contributed by atoms with van der Waals surface area (Å²) in [6.45, 7) is 0. The standard InChI is InChI=1S/C53H35N3/c1-3-13-36(14-4-1)38-23-28-42(29-24-38)55(44-32-25-37-15-7-8-16-40(37)35-44)43-30-26-39(27-31-43)53-47-33-34-50-52(51(47)45-19-9-11-21-48(45)54-53)46-20-10-12-22-49(46)56(50)41-17-5-2-6-18-41/h1-35H. The number of hydrogen-bond donors (Lipinski definition) is 0. The molecule has 0 unspecified atom stereocenters. The summed E-state index contributed by atoms with van der Waals surface area (Å²) in [7, 11) is 0. The molecule has 11 aromatic rings. The second-order valence-electron chi connectivity index (χ2n) is 14.4. The number of benzene rings is 9. The minimum atomic E-state index is 0.980. The molecule has 0 saturated heterocycles. The first-order valence-corrected chi connectivity index (χ1v) is 19.1. The monoisotopic (exact) mass is 713 g/mol. The van der Waals surface area contributed by atoms with Crippen LogP contribution in [0.1, 0.15) is 0 Å². The zero-order chi connectivity index (χ0) is 37.0. The van der Waals surface area contributed by atoms with Gasteiger partial charge in [0.05, 0.1) is 22.2 Å².